The van der Waals surface area contributed by atoms with Crippen LogP contribution in [0.25, 0.3) is 10.8 Å². The van der Waals surface area contributed by atoms with Crippen molar-refractivity contribution in [3.8, 4) is 0 Å². The van der Waals surface area contributed by atoms with E-state index in [4.69, 9.17) is 0 Å². The lowest BCUT2D eigenvalue weighted by molar-refractivity contribution is 0.496. The van der Waals surface area contributed by atoms with Gasteiger partial charge < -0.3 is 4.90 Å². The first-order valence-electron chi connectivity index (χ1n) is 15.1. The monoisotopic (exact) mass is 485 g/mol. The molecule has 0 saturated carbocycles. The Balaban J connectivity index is 1.64. The van der Waals surface area contributed by atoms with Gasteiger partial charge in [-0.1, -0.05) is 152 Å². The first-order valence-corrected chi connectivity index (χ1v) is 15.1. The van der Waals surface area contributed by atoms with Crippen molar-refractivity contribution in [1.82, 2.24) is 0 Å². The molecule has 1 atom stereocenters. The fourth-order valence-corrected chi connectivity index (χ4v) is 5.63. The van der Waals surface area contributed by atoms with Gasteiger partial charge in [-0.05, 0) is 47.7 Å². The number of anilines is 1. The maximum atomic E-state index is 2.75. The van der Waals surface area contributed by atoms with E-state index in [2.05, 4.69) is 91.5 Å². The quantitative estimate of drug-likeness (QED) is 0.153. The summed E-state index contributed by atoms with van der Waals surface area (Å²) in [5.41, 5.74) is 2.90. The second-order valence-electron chi connectivity index (χ2n) is 10.7. The zero-order valence-electron chi connectivity index (χ0n) is 23.3. The van der Waals surface area contributed by atoms with E-state index < -0.39 is 0 Å². The SMILES string of the molecule is CCCCCCCCCCCCN(c1ccccc1)C(CCCCC)Cc1cccc2ccccc12. The number of nitrogens with zero attached hydrogens (tertiary/aromatic N) is 1. The maximum absolute atomic E-state index is 2.75. The molecule has 196 valence electrons. The molecule has 3 rings (SSSR count). The van der Waals surface area contributed by atoms with E-state index in [0.717, 1.165) is 6.42 Å². The van der Waals surface area contributed by atoms with E-state index in [0.29, 0.717) is 6.04 Å². The average Bonchev–Trinajstić information content (AvgIpc) is 2.92. The zero-order chi connectivity index (χ0) is 25.3. The summed E-state index contributed by atoms with van der Waals surface area (Å²) in [7, 11) is 0. The number of rotatable bonds is 19. The fourth-order valence-electron chi connectivity index (χ4n) is 5.63. The van der Waals surface area contributed by atoms with Gasteiger partial charge in [-0.2, -0.15) is 0 Å². The van der Waals surface area contributed by atoms with Gasteiger partial charge in [0, 0.05) is 18.3 Å². The molecule has 0 heterocycles. The topological polar surface area (TPSA) is 3.24 Å². The van der Waals surface area contributed by atoms with E-state index >= 15 is 0 Å². The minimum absolute atomic E-state index is 0.545. The fraction of sp³-hybridized carbons (Fsp3) is 0.543. The van der Waals surface area contributed by atoms with Gasteiger partial charge in [0.15, 0.2) is 0 Å². The molecule has 1 heteroatoms. The molecular weight excluding hydrogens is 434 g/mol. The summed E-state index contributed by atoms with van der Waals surface area (Å²) in [6.45, 7) is 5.79. The largest absolute Gasteiger partial charge is 0.368 e. The predicted molar refractivity (Wildman–Crippen MR) is 161 cm³/mol. The molecule has 0 aliphatic carbocycles. The van der Waals surface area contributed by atoms with E-state index in [1.165, 1.54) is 118 Å². The van der Waals surface area contributed by atoms with Crippen molar-refractivity contribution in [3.05, 3.63) is 78.4 Å². The van der Waals surface area contributed by atoms with Gasteiger partial charge in [0.1, 0.15) is 0 Å². The van der Waals surface area contributed by atoms with Crippen LogP contribution >= 0.6 is 0 Å². The lowest BCUT2D eigenvalue weighted by Gasteiger charge is -2.35. The predicted octanol–water partition coefficient (Wildman–Crippen LogP) is 10.8. The highest BCUT2D eigenvalue weighted by Gasteiger charge is 2.20. The summed E-state index contributed by atoms with van der Waals surface area (Å²) in [4.78, 5) is 2.75. The summed E-state index contributed by atoms with van der Waals surface area (Å²) in [6, 6.07) is 27.5. The molecule has 0 N–H and O–H groups in total. The van der Waals surface area contributed by atoms with E-state index in [9.17, 15) is 0 Å². The molecule has 3 aromatic carbocycles. The molecule has 1 unspecified atom stereocenters. The third kappa shape index (κ3) is 9.64. The van der Waals surface area contributed by atoms with Crippen LogP contribution in [0.1, 0.15) is 109 Å². The summed E-state index contributed by atoms with van der Waals surface area (Å²) in [6.07, 6.45) is 20.2. The highest BCUT2D eigenvalue weighted by atomic mass is 15.2. The molecule has 0 fully saturated rings. The van der Waals surface area contributed by atoms with Crippen LogP contribution in [0.5, 0.6) is 0 Å². The summed E-state index contributed by atoms with van der Waals surface area (Å²) in [5.74, 6) is 0. The number of unbranched alkanes of at least 4 members (excludes halogenated alkanes) is 11. The standard InChI is InChI=1S/C35H51N/c1-3-5-7-8-9-10-11-12-13-20-29-36(33-25-16-14-17-26-33)34(27-15-6-4-2)30-32-24-21-23-31-22-18-19-28-35(31)32/h14,16-19,21-26,28,34H,3-13,15,20,27,29-30H2,1-2H3. The van der Waals surface area contributed by atoms with Gasteiger partial charge in [0.25, 0.3) is 0 Å². The molecule has 0 saturated heterocycles. The summed E-state index contributed by atoms with van der Waals surface area (Å²) >= 11 is 0. The molecule has 36 heavy (non-hydrogen) atoms. The zero-order valence-corrected chi connectivity index (χ0v) is 23.3. The molecular formula is C35H51N. The van der Waals surface area contributed by atoms with E-state index in [-0.39, 0.29) is 0 Å². The van der Waals surface area contributed by atoms with Crippen molar-refractivity contribution >= 4 is 16.5 Å². The van der Waals surface area contributed by atoms with Crippen LogP contribution in [0, 0.1) is 0 Å². The Morgan fingerprint density at radius 1 is 0.556 bits per heavy atom. The molecule has 0 amide bonds. The Hall–Kier alpha value is -2.28. The van der Waals surface area contributed by atoms with Crippen LogP contribution in [-0.2, 0) is 6.42 Å². The highest BCUT2D eigenvalue weighted by Crippen LogP contribution is 2.27. The van der Waals surface area contributed by atoms with E-state index in [1.807, 2.05) is 0 Å². The first-order chi connectivity index (χ1) is 17.8. The van der Waals surface area contributed by atoms with Crippen LogP contribution in [0.15, 0.2) is 72.8 Å². The van der Waals surface area contributed by atoms with Crippen molar-refractivity contribution in [1.29, 1.82) is 0 Å². The van der Waals surface area contributed by atoms with Crippen LogP contribution in [0.4, 0.5) is 5.69 Å². The van der Waals surface area contributed by atoms with Gasteiger partial charge >= 0.3 is 0 Å². The van der Waals surface area contributed by atoms with Gasteiger partial charge in [0.05, 0.1) is 0 Å². The van der Waals surface area contributed by atoms with Crippen LogP contribution in [0.2, 0.25) is 0 Å². The first kappa shape index (κ1) is 28.3. The Bertz CT molecular complexity index is 942. The van der Waals surface area contributed by atoms with Crippen molar-refractivity contribution < 1.29 is 0 Å². The van der Waals surface area contributed by atoms with Gasteiger partial charge in [0.2, 0.25) is 0 Å². The molecule has 0 radical (unpaired) electrons. The number of fused-ring (bicyclic) bond motifs is 1. The summed E-state index contributed by atoms with van der Waals surface area (Å²) < 4.78 is 0. The average molecular weight is 486 g/mol. The minimum atomic E-state index is 0.545. The summed E-state index contributed by atoms with van der Waals surface area (Å²) in [5, 5.41) is 2.79. The van der Waals surface area contributed by atoms with Crippen molar-refractivity contribution in [2.24, 2.45) is 0 Å². The van der Waals surface area contributed by atoms with Crippen molar-refractivity contribution in [2.75, 3.05) is 11.4 Å². The molecule has 0 bridgehead atoms. The van der Waals surface area contributed by atoms with E-state index in [1.54, 1.807) is 0 Å². The Kier molecular flexibility index (Phi) is 13.5. The molecule has 3 aromatic rings. The third-order valence-corrected chi connectivity index (χ3v) is 7.76. The van der Waals surface area contributed by atoms with Gasteiger partial charge in [-0.15, -0.1) is 0 Å². The third-order valence-electron chi connectivity index (χ3n) is 7.76. The lowest BCUT2D eigenvalue weighted by atomic mass is 9.94. The minimum Gasteiger partial charge on any atom is -0.368 e. The number of benzene rings is 3. The van der Waals surface area contributed by atoms with Crippen LogP contribution in [0.3, 0.4) is 0 Å². The second-order valence-corrected chi connectivity index (χ2v) is 10.7. The highest BCUT2D eigenvalue weighted by molar-refractivity contribution is 5.85. The maximum Gasteiger partial charge on any atom is 0.0368 e. The van der Waals surface area contributed by atoms with Gasteiger partial charge in [-0.3, -0.25) is 0 Å². The Morgan fingerprint density at radius 3 is 1.86 bits per heavy atom. The molecule has 1 nitrogen and oxygen atoms in total. The second kappa shape index (κ2) is 17.2. The van der Waals surface area contributed by atoms with Crippen molar-refractivity contribution in [3.63, 3.8) is 0 Å². The normalized spacial score (nSPS) is 12.2. The molecule has 0 aromatic heterocycles. The lowest BCUT2D eigenvalue weighted by Crippen LogP contribution is -2.38. The molecule has 0 spiro atoms. The van der Waals surface area contributed by atoms with Crippen LogP contribution in [-0.4, -0.2) is 12.6 Å². The molecule has 0 aliphatic heterocycles. The number of hydrogen-bond donors (Lipinski definition) is 0. The smallest absolute Gasteiger partial charge is 0.0368 e. The van der Waals surface area contributed by atoms with Gasteiger partial charge in [-0.25, -0.2) is 0 Å². The van der Waals surface area contributed by atoms with Crippen LogP contribution < -0.4 is 4.90 Å². The number of para-hydroxylation sites is 1. The Morgan fingerprint density at radius 2 is 1.14 bits per heavy atom. The Labute approximate surface area is 222 Å². The van der Waals surface area contributed by atoms with Crippen molar-refractivity contribution in [2.45, 2.75) is 116 Å². The molecule has 0 aliphatic rings. The number of hydrogen-bond acceptors (Lipinski definition) is 1.